The molecule has 0 bridgehead atoms. The van der Waals surface area contributed by atoms with Crippen LogP contribution in [0.3, 0.4) is 0 Å². The third-order valence-electron chi connectivity index (χ3n) is 6.32. The van der Waals surface area contributed by atoms with E-state index in [0.717, 1.165) is 15.9 Å². The minimum atomic E-state index is -0.512. The van der Waals surface area contributed by atoms with Gasteiger partial charge in [-0.05, 0) is 55.8 Å². The summed E-state index contributed by atoms with van der Waals surface area (Å²) >= 11 is 0. The Kier molecular flexibility index (Phi) is 6.07. The molecule has 36 heavy (non-hydrogen) atoms. The normalized spacial score (nSPS) is 13.7. The fraction of sp³-hybridized carbons (Fsp3) is 0.222. The molecule has 1 saturated heterocycles. The summed E-state index contributed by atoms with van der Waals surface area (Å²) in [6.07, 6.45) is 0. The maximum Gasteiger partial charge on any atom is 0.295 e. The van der Waals surface area contributed by atoms with Crippen molar-refractivity contribution in [1.29, 1.82) is 0 Å². The summed E-state index contributed by atoms with van der Waals surface area (Å²) in [5.41, 5.74) is 2.64. The standard InChI is InChI=1S/C27H24N4O5/c1-17-13-19(18(2)32)15-20(14-17)26-22-5-3-4-6-23(22)27(33)30(28-26)25-16-21(7-8-24(25)31(34)35)29-9-11-36-12-10-29/h3-8,13-16H,9-12H2,1-2H3. The molecule has 4 aromatic rings. The molecule has 182 valence electrons. The number of Topliss-reactive ketones (excluding diaryl/α,β-unsaturated/α-hetero) is 1. The summed E-state index contributed by atoms with van der Waals surface area (Å²) in [6, 6.07) is 17.1. The number of nitro benzene ring substituents is 1. The van der Waals surface area contributed by atoms with Gasteiger partial charge in [0.2, 0.25) is 0 Å². The minimum absolute atomic E-state index is 0.0837. The number of aromatic nitrogens is 2. The first-order valence-corrected chi connectivity index (χ1v) is 11.6. The molecule has 1 aromatic heterocycles. The summed E-state index contributed by atoms with van der Waals surface area (Å²) < 4.78 is 6.53. The van der Waals surface area contributed by atoms with Gasteiger partial charge >= 0.3 is 0 Å². The van der Waals surface area contributed by atoms with E-state index < -0.39 is 10.5 Å². The SMILES string of the molecule is CC(=O)c1cc(C)cc(-c2nn(-c3cc(N4CCOCC4)ccc3[N+](=O)[O-])c(=O)c3ccccc23)c1. The van der Waals surface area contributed by atoms with E-state index in [9.17, 15) is 19.7 Å². The van der Waals surface area contributed by atoms with Crippen LogP contribution in [0.4, 0.5) is 11.4 Å². The lowest BCUT2D eigenvalue weighted by molar-refractivity contribution is -0.384. The Morgan fingerprint density at radius 1 is 1.03 bits per heavy atom. The Bertz CT molecular complexity index is 1570. The van der Waals surface area contributed by atoms with Gasteiger partial charge in [0.05, 0.1) is 29.2 Å². The molecule has 1 fully saturated rings. The van der Waals surface area contributed by atoms with Crippen molar-refractivity contribution >= 4 is 27.9 Å². The zero-order valence-electron chi connectivity index (χ0n) is 19.9. The van der Waals surface area contributed by atoms with Gasteiger partial charge in [0.15, 0.2) is 5.78 Å². The Morgan fingerprint density at radius 3 is 2.44 bits per heavy atom. The first kappa shape index (κ1) is 23.4. The summed E-state index contributed by atoms with van der Waals surface area (Å²) in [4.78, 5) is 39.3. The first-order valence-electron chi connectivity index (χ1n) is 11.6. The lowest BCUT2D eigenvalue weighted by Gasteiger charge is -2.29. The Hall–Kier alpha value is -4.37. The van der Waals surface area contributed by atoms with Crippen LogP contribution in [0.15, 0.2) is 65.5 Å². The van der Waals surface area contributed by atoms with Crippen LogP contribution in [0.1, 0.15) is 22.8 Å². The number of rotatable bonds is 5. The number of anilines is 1. The van der Waals surface area contributed by atoms with Crippen LogP contribution >= 0.6 is 0 Å². The average Bonchev–Trinajstić information content (AvgIpc) is 2.89. The van der Waals surface area contributed by atoms with Gasteiger partial charge in [-0.3, -0.25) is 19.7 Å². The van der Waals surface area contributed by atoms with Crippen LogP contribution in [0, 0.1) is 17.0 Å². The fourth-order valence-corrected chi connectivity index (χ4v) is 4.54. The number of aryl methyl sites for hydroxylation is 1. The lowest BCUT2D eigenvalue weighted by atomic mass is 9.99. The molecule has 0 aliphatic carbocycles. The van der Waals surface area contributed by atoms with E-state index in [1.807, 2.05) is 13.0 Å². The molecule has 0 radical (unpaired) electrons. The number of fused-ring (bicyclic) bond motifs is 1. The molecule has 0 N–H and O–H groups in total. The van der Waals surface area contributed by atoms with E-state index in [4.69, 9.17) is 4.74 Å². The summed E-state index contributed by atoms with van der Waals surface area (Å²) in [5, 5.41) is 17.6. The van der Waals surface area contributed by atoms with Gasteiger partial charge in [0, 0.05) is 41.4 Å². The maximum absolute atomic E-state index is 13.6. The number of hydrogen-bond acceptors (Lipinski definition) is 7. The van der Waals surface area contributed by atoms with Gasteiger partial charge in [-0.25, -0.2) is 0 Å². The number of nitro groups is 1. The van der Waals surface area contributed by atoms with Gasteiger partial charge in [0.25, 0.3) is 11.2 Å². The van der Waals surface area contributed by atoms with Crippen molar-refractivity contribution in [3.8, 4) is 16.9 Å². The van der Waals surface area contributed by atoms with Crippen molar-refractivity contribution in [2.75, 3.05) is 31.2 Å². The second-order valence-electron chi connectivity index (χ2n) is 8.78. The predicted octanol–water partition coefficient (Wildman–Crippen LogP) is 4.31. The molecule has 9 heteroatoms. The Labute approximate surface area is 206 Å². The van der Waals surface area contributed by atoms with E-state index in [1.165, 1.54) is 13.0 Å². The number of benzene rings is 3. The molecule has 1 aliphatic rings. The van der Waals surface area contributed by atoms with Gasteiger partial charge in [0.1, 0.15) is 5.69 Å². The molecule has 0 spiro atoms. The highest BCUT2D eigenvalue weighted by Gasteiger charge is 2.23. The van der Waals surface area contributed by atoms with Gasteiger partial charge in [-0.1, -0.05) is 18.2 Å². The Morgan fingerprint density at radius 2 is 1.75 bits per heavy atom. The fourth-order valence-electron chi connectivity index (χ4n) is 4.54. The zero-order chi connectivity index (χ0) is 25.4. The van der Waals surface area contributed by atoms with E-state index in [1.54, 1.807) is 48.5 Å². The molecule has 3 aromatic carbocycles. The molecule has 0 amide bonds. The molecule has 0 saturated carbocycles. The number of nitrogens with zero attached hydrogens (tertiary/aromatic N) is 4. The number of ketones is 1. The number of carbonyl (C=O) groups is 1. The van der Waals surface area contributed by atoms with Crippen molar-refractivity contribution in [2.24, 2.45) is 0 Å². The van der Waals surface area contributed by atoms with E-state index in [-0.39, 0.29) is 17.2 Å². The van der Waals surface area contributed by atoms with E-state index >= 15 is 0 Å². The molecule has 5 rings (SSSR count). The van der Waals surface area contributed by atoms with Crippen molar-refractivity contribution in [2.45, 2.75) is 13.8 Å². The van der Waals surface area contributed by atoms with Gasteiger partial charge in [-0.15, -0.1) is 0 Å². The maximum atomic E-state index is 13.6. The predicted molar refractivity (Wildman–Crippen MR) is 137 cm³/mol. The summed E-state index contributed by atoms with van der Waals surface area (Å²) in [5.74, 6) is -0.0913. The van der Waals surface area contributed by atoms with Crippen LogP contribution in [-0.4, -0.2) is 46.8 Å². The largest absolute Gasteiger partial charge is 0.378 e. The van der Waals surface area contributed by atoms with Crippen LogP contribution in [-0.2, 0) is 4.74 Å². The third-order valence-corrected chi connectivity index (χ3v) is 6.32. The quantitative estimate of drug-likeness (QED) is 0.236. The molecule has 0 unspecified atom stereocenters. The van der Waals surface area contributed by atoms with Gasteiger partial charge in [-0.2, -0.15) is 9.78 Å². The van der Waals surface area contributed by atoms with Crippen LogP contribution in [0.5, 0.6) is 0 Å². The first-order chi connectivity index (χ1) is 17.3. The number of carbonyl (C=O) groups excluding carboxylic acids is 1. The molecule has 2 heterocycles. The minimum Gasteiger partial charge on any atom is -0.378 e. The lowest BCUT2D eigenvalue weighted by Crippen LogP contribution is -2.36. The smallest absolute Gasteiger partial charge is 0.295 e. The molecule has 1 aliphatic heterocycles. The molecular weight excluding hydrogens is 460 g/mol. The second-order valence-corrected chi connectivity index (χ2v) is 8.78. The van der Waals surface area contributed by atoms with E-state index in [2.05, 4.69) is 10.00 Å². The number of ether oxygens (including phenoxy) is 1. The second kappa shape index (κ2) is 9.35. The summed E-state index contributed by atoms with van der Waals surface area (Å²) in [6.45, 7) is 5.75. The summed E-state index contributed by atoms with van der Waals surface area (Å²) in [7, 11) is 0. The molecule has 9 nitrogen and oxygen atoms in total. The molecule has 0 atom stereocenters. The number of hydrogen-bond donors (Lipinski definition) is 0. The zero-order valence-corrected chi connectivity index (χ0v) is 19.9. The highest BCUT2D eigenvalue weighted by Crippen LogP contribution is 2.31. The van der Waals surface area contributed by atoms with Crippen molar-refractivity contribution in [1.82, 2.24) is 9.78 Å². The monoisotopic (exact) mass is 484 g/mol. The van der Waals surface area contributed by atoms with Crippen LogP contribution in [0.25, 0.3) is 27.7 Å². The molecular formula is C27H24N4O5. The average molecular weight is 485 g/mol. The number of morpholine rings is 1. The van der Waals surface area contributed by atoms with Crippen molar-refractivity contribution < 1.29 is 14.5 Å². The van der Waals surface area contributed by atoms with Crippen molar-refractivity contribution in [3.63, 3.8) is 0 Å². The van der Waals surface area contributed by atoms with Crippen LogP contribution in [0.2, 0.25) is 0 Å². The Balaban J connectivity index is 1.80. The van der Waals surface area contributed by atoms with E-state index in [0.29, 0.717) is 53.9 Å². The van der Waals surface area contributed by atoms with Crippen molar-refractivity contribution in [3.05, 3.63) is 92.3 Å². The van der Waals surface area contributed by atoms with Gasteiger partial charge < -0.3 is 9.64 Å². The highest BCUT2D eigenvalue weighted by atomic mass is 16.6. The topological polar surface area (TPSA) is 108 Å². The third kappa shape index (κ3) is 4.25. The van der Waals surface area contributed by atoms with Crippen LogP contribution < -0.4 is 10.5 Å². The highest BCUT2D eigenvalue weighted by molar-refractivity contribution is 5.98.